The second-order valence-corrected chi connectivity index (χ2v) is 12.2. The third-order valence-corrected chi connectivity index (χ3v) is 9.50. The normalized spacial score (nSPS) is 12.8. The van der Waals surface area contributed by atoms with Gasteiger partial charge in [0.2, 0.25) is 0 Å². The first-order valence-corrected chi connectivity index (χ1v) is 16.1. The van der Waals surface area contributed by atoms with Crippen molar-refractivity contribution >= 4 is 55.0 Å². The summed E-state index contributed by atoms with van der Waals surface area (Å²) in [6, 6.07) is 61.4. The van der Waals surface area contributed by atoms with Crippen LogP contribution < -0.4 is 4.90 Å². The van der Waals surface area contributed by atoms with E-state index in [1.165, 1.54) is 54.6 Å². The zero-order chi connectivity index (χ0) is 31.3. The van der Waals surface area contributed by atoms with Crippen LogP contribution in [-0.4, -0.2) is 0 Å². The summed E-state index contributed by atoms with van der Waals surface area (Å²) in [7, 11) is 0. The van der Waals surface area contributed by atoms with Gasteiger partial charge in [0.25, 0.3) is 0 Å². The maximum absolute atomic E-state index is 4.41. The molecule has 0 aromatic heterocycles. The van der Waals surface area contributed by atoms with E-state index in [0.717, 1.165) is 33.8 Å². The van der Waals surface area contributed by atoms with Gasteiger partial charge in [-0.2, -0.15) is 0 Å². The van der Waals surface area contributed by atoms with Crippen LogP contribution in [0.3, 0.4) is 0 Å². The van der Waals surface area contributed by atoms with Gasteiger partial charge in [0.1, 0.15) is 0 Å². The number of hydrogen-bond acceptors (Lipinski definition) is 1. The number of allylic oxidation sites excluding steroid dienone is 2. The standard InChI is InChI=1S/C46H31N/c1-31-29-44(33-14-3-2-4-15-33)47(43-22-12-11-17-38(31)43)37-27-25-34(26-28-37)45-39-18-7-9-20-41(39)46(42-21-10-8-19-40(42)45)36-24-23-32-13-5-6-16-35(32)30-36/h2-30H,1H2. The third kappa shape index (κ3) is 4.47. The molecule has 9 rings (SSSR count). The molecular formula is C46H31N. The van der Waals surface area contributed by atoms with Gasteiger partial charge in [-0.25, -0.2) is 0 Å². The van der Waals surface area contributed by atoms with Crippen LogP contribution in [0.5, 0.6) is 0 Å². The van der Waals surface area contributed by atoms with E-state index in [1.54, 1.807) is 0 Å². The van der Waals surface area contributed by atoms with Crippen molar-refractivity contribution in [1.82, 2.24) is 0 Å². The van der Waals surface area contributed by atoms with Gasteiger partial charge in [-0.05, 0) is 96.0 Å². The average Bonchev–Trinajstić information content (AvgIpc) is 3.14. The fourth-order valence-electron chi connectivity index (χ4n) is 7.35. The van der Waals surface area contributed by atoms with Gasteiger partial charge < -0.3 is 4.90 Å². The molecule has 0 N–H and O–H groups in total. The molecule has 0 atom stereocenters. The number of nitrogens with zero attached hydrogens (tertiary/aromatic N) is 1. The van der Waals surface area contributed by atoms with Crippen LogP contribution in [0.2, 0.25) is 0 Å². The largest absolute Gasteiger partial charge is 0.309 e. The molecule has 1 aliphatic heterocycles. The van der Waals surface area contributed by atoms with Crippen molar-refractivity contribution in [2.24, 2.45) is 0 Å². The molecule has 220 valence electrons. The van der Waals surface area contributed by atoms with Crippen LogP contribution in [0.25, 0.3) is 65.8 Å². The second-order valence-electron chi connectivity index (χ2n) is 12.2. The highest BCUT2D eigenvalue weighted by atomic mass is 15.2. The fourth-order valence-corrected chi connectivity index (χ4v) is 7.35. The molecule has 47 heavy (non-hydrogen) atoms. The van der Waals surface area contributed by atoms with E-state index >= 15 is 0 Å². The highest BCUT2D eigenvalue weighted by Crippen LogP contribution is 2.47. The maximum Gasteiger partial charge on any atom is 0.0540 e. The second kappa shape index (κ2) is 11.0. The van der Waals surface area contributed by atoms with Crippen molar-refractivity contribution < 1.29 is 0 Å². The Morgan fingerprint density at radius 3 is 1.62 bits per heavy atom. The van der Waals surface area contributed by atoms with Crippen LogP contribution in [0.15, 0.2) is 183 Å². The number of fused-ring (bicyclic) bond motifs is 4. The predicted molar refractivity (Wildman–Crippen MR) is 202 cm³/mol. The van der Waals surface area contributed by atoms with Gasteiger partial charge >= 0.3 is 0 Å². The van der Waals surface area contributed by atoms with Gasteiger partial charge in [0.05, 0.1) is 11.4 Å². The van der Waals surface area contributed by atoms with Crippen molar-refractivity contribution in [2.45, 2.75) is 0 Å². The first-order valence-electron chi connectivity index (χ1n) is 16.1. The number of benzene rings is 8. The molecule has 1 aliphatic rings. The van der Waals surface area contributed by atoms with E-state index < -0.39 is 0 Å². The Labute approximate surface area is 275 Å². The quantitative estimate of drug-likeness (QED) is 0.182. The Morgan fingerprint density at radius 1 is 0.404 bits per heavy atom. The molecule has 8 aromatic rings. The minimum Gasteiger partial charge on any atom is -0.309 e. The molecule has 0 radical (unpaired) electrons. The van der Waals surface area contributed by atoms with Gasteiger partial charge in [-0.3, -0.25) is 0 Å². The molecule has 0 saturated heterocycles. The number of hydrogen-bond donors (Lipinski definition) is 0. The molecule has 0 aliphatic carbocycles. The summed E-state index contributed by atoms with van der Waals surface area (Å²) < 4.78 is 0. The van der Waals surface area contributed by atoms with E-state index in [-0.39, 0.29) is 0 Å². The van der Waals surface area contributed by atoms with E-state index in [2.05, 4.69) is 187 Å². The molecule has 0 saturated carbocycles. The lowest BCUT2D eigenvalue weighted by molar-refractivity contribution is 1.27. The molecule has 0 spiro atoms. The van der Waals surface area contributed by atoms with E-state index in [4.69, 9.17) is 0 Å². The van der Waals surface area contributed by atoms with E-state index in [9.17, 15) is 0 Å². The first-order chi connectivity index (χ1) is 23.2. The topological polar surface area (TPSA) is 3.24 Å². The molecule has 0 bridgehead atoms. The Kier molecular flexibility index (Phi) is 6.36. The van der Waals surface area contributed by atoms with Gasteiger partial charge in [-0.15, -0.1) is 0 Å². The highest BCUT2D eigenvalue weighted by Gasteiger charge is 2.25. The van der Waals surface area contributed by atoms with Crippen LogP contribution in [0.1, 0.15) is 11.1 Å². The van der Waals surface area contributed by atoms with Crippen LogP contribution in [0.4, 0.5) is 11.4 Å². The van der Waals surface area contributed by atoms with Crippen molar-refractivity contribution in [1.29, 1.82) is 0 Å². The zero-order valence-electron chi connectivity index (χ0n) is 25.9. The number of anilines is 2. The number of rotatable bonds is 4. The third-order valence-electron chi connectivity index (χ3n) is 9.50. The summed E-state index contributed by atoms with van der Waals surface area (Å²) in [6.07, 6.45) is 2.21. The maximum atomic E-state index is 4.41. The lowest BCUT2D eigenvalue weighted by atomic mass is 9.85. The van der Waals surface area contributed by atoms with Crippen LogP contribution >= 0.6 is 0 Å². The van der Waals surface area contributed by atoms with Gasteiger partial charge in [-0.1, -0.05) is 152 Å². The van der Waals surface area contributed by atoms with Crippen molar-refractivity contribution in [3.63, 3.8) is 0 Å². The van der Waals surface area contributed by atoms with Crippen LogP contribution in [-0.2, 0) is 0 Å². The number of para-hydroxylation sites is 1. The molecule has 1 heterocycles. The van der Waals surface area contributed by atoms with Crippen molar-refractivity contribution in [2.75, 3.05) is 4.90 Å². The monoisotopic (exact) mass is 597 g/mol. The first kappa shape index (κ1) is 27.2. The minimum absolute atomic E-state index is 1.02. The summed E-state index contributed by atoms with van der Waals surface area (Å²) in [4.78, 5) is 2.36. The highest BCUT2D eigenvalue weighted by molar-refractivity contribution is 6.21. The van der Waals surface area contributed by atoms with Crippen molar-refractivity contribution in [3.05, 3.63) is 194 Å². The molecule has 0 amide bonds. The Morgan fingerprint density at radius 2 is 0.936 bits per heavy atom. The summed E-state index contributed by atoms with van der Waals surface area (Å²) in [6.45, 7) is 4.41. The molecule has 0 fully saturated rings. The predicted octanol–water partition coefficient (Wildman–Crippen LogP) is 12.7. The SMILES string of the molecule is C=C1C=C(c2ccccc2)N(c2ccc(-c3c4ccccc4c(-c4ccc5ccccc5c4)c4ccccc34)cc2)c2ccccc21. The fraction of sp³-hybridized carbons (Fsp3) is 0. The molecule has 8 aromatic carbocycles. The van der Waals surface area contributed by atoms with Crippen molar-refractivity contribution in [3.8, 4) is 22.3 Å². The summed E-state index contributed by atoms with van der Waals surface area (Å²) in [5.74, 6) is 0. The van der Waals surface area contributed by atoms with Gasteiger partial charge in [0.15, 0.2) is 0 Å². The average molecular weight is 598 g/mol. The lowest BCUT2D eigenvalue weighted by Gasteiger charge is -2.34. The Bertz CT molecular complexity index is 2460. The summed E-state index contributed by atoms with van der Waals surface area (Å²) >= 11 is 0. The lowest BCUT2D eigenvalue weighted by Crippen LogP contribution is -2.19. The van der Waals surface area contributed by atoms with Crippen LogP contribution in [0, 0.1) is 0 Å². The van der Waals surface area contributed by atoms with E-state index in [0.29, 0.717) is 0 Å². The van der Waals surface area contributed by atoms with E-state index in [1.807, 2.05) is 0 Å². The van der Waals surface area contributed by atoms with Gasteiger partial charge in [0, 0.05) is 11.3 Å². The minimum atomic E-state index is 1.02. The molecular weight excluding hydrogens is 567 g/mol. The molecule has 1 heteroatoms. The summed E-state index contributed by atoms with van der Waals surface area (Å²) in [5.41, 5.74) is 11.7. The zero-order valence-corrected chi connectivity index (χ0v) is 25.9. The molecule has 1 nitrogen and oxygen atoms in total. The summed E-state index contributed by atoms with van der Waals surface area (Å²) in [5, 5.41) is 7.55. The smallest absolute Gasteiger partial charge is 0.0540 e. The molecule has 0 unspecified atom stereocenters. The Hall–Kier alpha value is -6.18. The Balaban J connectivity index is 1.23.